The van der Waals surface area contributed by atoms with Gasteiger partial charge in [0, 0.05) is 12.6 Å². The molecule has 5 nitrogen and oxygen atoms in total. The SMILES string of the molecule is CNS(=O)(=O)c1cc(NC(C)=O)ccc1C. The lowest BCUT2D eigenvalue weighted by atomic mass is 10.2. The van der Waals surface area contributed by atoms with Crippen LogP contribution in [0, 0.1) is 6.92 Å². The highest BCUT2D eigenvalue weighted by Crippen LogP contribution is 2.19. The molecule has 0 bridgehead atoms. The molecular formula is C10H14N2O3S. The number of nitrogens with one attached hydrogen (secondary N) is 2. The Labute approximate surface area is 94.9 Å². The van der Waals surface area contributed by atoms with Gasteiger partial charge >= 0.3 is 0 Å². The molecule has 0 fully saturated rings. The summed E-state index contributed by atoms with van der Waals surface area (Å²) in [5, 5.41) is 2.54. The average molecular weight is 242 g/mol. The number of amides is 1. The molecule has 1 aromatic carbocycles. The third-order valence-corrected chi connectivity index (χ3v) is 3.62. The third kappa shape index (κ3) is 2.80. The number of aryl methyl sites for hydroxylation is 1. The summed E-state index contributed by atoms with van der Waals surface area (Å²) in [5.41, 5.74) is 1.09. The van der Waals surface area contributed by atoms with Crippen molar-refractivity contribution in [3.8, 4) is 0 Å². The summed E-state index contributed by atoms with van der Waals surface area (Å²) in [5.74, 6) is -0.239. The number of rotatable bonds is 3. The first-order chi connectivity index (χ1) is 7.36. The van der Waals surface area contributed by atoms with Crippen LogP contribution in [0.4, 0.5) is 5.69 Å². The number of anilines is 1. The lowest BCUT2D eigenvalue weighted by Crippen LogP contribution is -2.20. The van der Waals surface area contributed by atoms with E-state index in [-0.39, 0.29) is 10.8 Å². The van der Waals surface area contributed by atoms with Gasteiger partial charge in [0.25, 0.3) is 0 Å². The van der Waals surface area contributed by atoms with Crippen molar-refractivity contribution in [2.45, 2.75) is 18.7 Å². The molecule has 0 atom stereocenters. The molecule has 0 radical (unpaired) electrons. The van der Waals surface area contributed by atoms with Gasteiger partial charge in [-0.2, -0.15) is 0 Å². The fraction of sp³-hybridized carbons (Fsp3) is 0.300. The molecule has 0 unspecified atom stereocenters. The number of carbonyl (C=O) groups excluding carboxylic acids is 1. The monoisotopic (exact) mass is 242 g/mol. The molecule has 0 saturated carbocycles. The van der Waals surface area contributed by atoms with Gasteiger partial charge in [0.15, 0.2) is 0 Å². The van der Waals surface area contributed by atoms with E-state index in [1.807, 2.05) is 0 Å². The summed E-state index contributed by atoms with van der Waals surface area (Å²) >= 11 is 0. The zero-order valence-electron chi connectivity index (χ0n) is 9.37. The first kappa shape index (κ1) is 12.7. The molecule has 0 aliphatic rings. The number of hydrogen-bond donors (Lipinski definition) is 2. The van der Waals surface area contributed by atoms with Crippen molar-refractivity contribution in [3.63, 3.8) is 0 Å². The van der Waals surface area contributed by atoms with Crippen molar-refractivity contribution in [1.29, 1.82) is 0 Å². The zero-order valence-corrected chi connectivity index (χ0v) is 10.2. The van der Waals surface area contributed by atoms with Crippen LogP contribution in [0.3, 0.4) is 0 Å². The topological polar surface area (TPSA) is 75.3 Å². The number of sulfonamides is 1. The van der Waals surface area contributed by atoms with Crippen LogP contribution in [0.2, 0.25) is 0 Å². The van der Waals surface area contributed by atoms with E-state index in [1.165, 1.54) is 20.0 Å². The second-order valence-corrected chi connectivity index (χ2v) is 5.22. The summed E-state index contributed by atoms with van der Waals surface area (Å²) in [6.45, 7) is 3.06. The summed E-state index contributed by atoms with van der Waals surface area (Å²) in [6, 6.07) is 4.74. The van der Waals surface area contributed by atoms with E-state index in [9.17, 15) is 13.2 Å². The first-order valence-corrected chi connectivity index (χ1v) is 6.17. The van der Waals surface area contributed by atoms with Crippen molar-refractivity contribution < 1.29 is 13.2 Å². The lowest BCUT2D eigenvalue weighted by molar-refractivity contribution is -0.114. The number of carbonyl (C=O) groups is 1. The molecule has 6 heteroatoms. The van der Waals surface area contributed by atoms with Crippen molar-refractivity contribution in [2.75, 3.05) is 12.4 Å². The molecule has 0 saturated heterocycles. The maximum atomic E-state index is 11.6. The fourth-order valence-corrected chi connectivity index (χ4v) is 2.27. The zero-order chi connectivity index (χ0) is 12.3. The van der Waals surface area contributed by atoms with E-state index in [0.717, 1.165) is 0 Å². The van der Waals surface area contributed by atoms with Gasteiger partial charge in [0.05, 0.1) is 4.90 Å². The van der Waals surface area contributed by atoms with E-state index in [1.54, 1.807) is 19.1 Å². The molecule has 0 spiro atoms. The van der Waals surface area contributed by atoms with Crippen LogP contribution in [0.15, 0.2) is 23.1 Å². The lowest BCUT2D eigenvalue weighted by Gasteiger charge is -2.09. The highest BCUT2D eigenvalue weighted by Gasteiger charge is 2.15. The second kappa shape index (κ2) is 4.63. The molecule has 1 aromatic rings. The highest BCUT2D eigenvalue weighted by molar-refractivity contribution is 7.89. The predicted octanol–water partition coefficient (Wildman–Crippen LogP) is 0.862. The minimum Gasteiger partial charge on any atom is -0.326 e. The Kier molecular flexibility index (Phi) is 3.66. The molecule has 0 aromatic heterocycles. The summed E-state index contributed by atoms with van der Waals surface area (Å²) in [4.78, 5) is 11.0. The minimum atomic E-state index is -3.49. The maximum absolute atomic E-state index is 11.6. The van der Waals surface area contributed by atoms with Gasteiger partial charge in [-0.25, -0.2) is 13.1 Å². The minimum absolute atomic E-state index is 0.168. The predicted molar refractivity (Wildman–Crippen MR) is 61.7 cm³/mol. The Morgan fingerprint density at radius 2 is 1.94 bits per heavy atom. The summed E-state index contributed by atoms with van der Waals surface area (Å²) < 4.78 is 25.5. The van der Waals surface area contributed by atoms with Crippen molar-refractivity contribution in [1.82, 2.24) is 4.72 Å². The van der Waals surface area contributed by atoms with E-state index < -0.39 is 10.0 Å². The van der Waals surface area contributed by atoms with Gasteiger partial charge in [0.1, 0.15) is 0 Å². The summed E-state index contributed by atoms with van der Waals surface area (Å²) in [7, 11) is -2.14. The molecule has 0 heterocycles. The first-order valence-electron chi connectivity index (χ1n) is 4.68. The highest BCUT2D eigenvalue weighted by atomic mass is 32.2. The molecule has 0 aliphatic heterocycles. The van der Waals surface area contributed by atoms with Gasteiger partial charge in [-0.15, -0.1) is 0 Å². The quantitative estimate of drug-likeness (QED) is 0.825. The molecule has 1 rings (SSSR count). The number of hydrogen-bond acceptors (Lipinski definition) is 3. The molecule has 1 amide bonds. The molecule has 88 valence electrons. The largest absolute Gasteiger partial charge is 0.326 e. The van der Waals surface area contributed by atoms with E-state index >= 15 is 0 Å². The van der Waals surface area contributed by atoms with Crippen LogP contribution in [0.1, 0.15) is 12.5 Å². The van der Waals surface area contributed by atoms with Crippen LogP contribution in [-0.2, 0) is 14.8 Å². The van der Waals surface area contributed by atoms with Crippen molar-refractivity contribution in [3.05, 3.63) is 23.8 Å². The second-order valence-electron chi connectivity index (χ2n) is 3.37. The number of benzene rings is 1. The standard InChI is InChI=1S/C10H14N2O3S/c1-7-4-5-9(12-8(2)13)6-10(7)16(14,15)11-3/h4-6,11H,1-3H3,(H,12,13). The van der Waals surface area contributed by atoms with Gasteiger partial charge < -0.3 is 5.32 Å². The average Bonchev–Trinajstić information content (AvgIpc) is 2.20. The van der Waals surface area contributed by atoms with Gasteiger partial charge in [0.2, 0.25) is 15.9 Å². The normalized spacial score (nSPS) is 11.2. The van der Waals surface area contributed by atoms with E-state index in [2.05, 4.69) is 10.0 Å². The van der Waals surface area contributed by atoms with Crippen LogP contribution in [0.5, 0.6) is 0 Å². The molecule has 16 heavy (non-hydrogen) atoms. The summed E-state index contributed by atoms with van der Waals surface area (Å²) in [6.07, 6.45) is 0. The Morgan fingerprint density at radius 1 is 1.31 bits per heavy atom. The van der Waals surface area contributed by atoms with Crippen molar-refractivity contribution in [2.24, 2.45) is 0 Å². The molecule has 0 aliphatic carbocycles. The Hall–Kier alpha value is -1.40. The molecule has 2 N–H and O–H groups in total. The molecular weight excluding hydrogens is 228 g/mol. The Balaban J connectivity index is 3.24. The fourth-order valence-electron chi connectivity index (χ4n) is 1.28. The van der Waals surface area contributed by atoms with Gasteiger partial charge in [-0.1, -0.05) is 6.07 Å². The van der Waals surface area contributed by atoms with E-state index in [0.29, 0.717) is 11.3 Å². The van der Waals surface area contributed by atoms with E-state index in [4.69, 9.17) is 0 Å². The Morgan fingerprint density at radius 3 is 2.44 bits per heavy atom. The van der Waals surface area contributed by atoms with Crippen LogP contribution in [-0.4, -0.2) is 21.4 Å². The van der Waals surface area contributed by atoms with Gasteiger partial charge in [-0.05, 0) is 31.7 Å². The Bertz CT molecular complexity index is 509. The smallest absolute Gasteiger partial charge is 0.240 e. The maximum Gasteiger partial charge on any atom is 0.240 e. The van der Waals surface area contributed by atoms with Crippen LogP contribution >= 0.6 is 0 Å². The van der Waals surface area contributed by atoms with Gasteiger partial charge in [-0.3, -0.25) is 4.79 Å². The van der Waals surface area contributed by atoms with Crippen LogP contribution in [0.25, 0.3) is 0 Å². The van der Waals surface area contributed by atoms with Crippen molar-refractivity contribution >= 4 is 21.6 Å². The third-order valence-electron chi connectivity index (χ3n) is 2.07. The van der Waals surface area contributed by atoms with Crippen LogP contribution < -0.4 is 10.0 Å².